The number of amides is 1. The molecular formula is C25H28F3N5O3. The van der Waals surface area contributed by atoms with Crippen LogP contribution in [0.1, 0.15) is 45.9 Å². The summed E-state index contributed by atoms with van der Waals surface area (Å²) in [4.78, 5) is 25.2. The molecule has 0 atom stereocenters. The van der Waals surface area contributed by atoms with Crippen LogP contribution < -0.4 is 4.74 Å². The molecule has 0 saturated carbocycles. The van der Waals surface area contributed by atoms with Crippen LogP contribution in [0.5, 0.6) is 5.75 Å². The summed E-state index contributed by atoms with van der Waals surface area (Å²) in [7, 11) is 3.41. The topological polar surface area (TPSA) is 84.6 Å². The van der Waals surface area contributed by atoms with Crippen LogP contribution >= 0.6 is 0 Å². The van der Waals surface area contributed by atoms with E-state index in [2.05, 4.69) is 24.5 Å². The van der Waals surface area contributed by atoms with E-state index >= 15 is 0 Å². The van der Waals surface area contributed by atoms with Crippen LogP contribution in [0.2, 0.25) is 0 Å². The first-order valence-corrected chi connectivity index (χ1v) is 11.6. The maximum atomic E-state index is 13.2. The molecule has 8 nitrogen and oxygen atoms in total. The summed E-state index contributed by atoms with van der Waals surface area (Å²) < 4.78 is 48.2. The van der Waals surface area contributed by atoms with Crippen LogP contribution in [0.3, 0.4) is 0 Å². The molecule has 3 heterocycles. The number of rotatable bonds is 6. The zero-order valence-corrected chi connectivity index (χ0v) is 20.6. The van der Waals surface area contributed by atoms with E-state index in [-0.39, 0.29) is 23.3 Å². The smallest absolute Gasteiger partial charge is 0.471 e. The van der Waals surface area contributed by atoms with Crippen LogP contribution in [0.15, 0.2) is 35.0 Å². The van der Waals surface area contributed by atoms with Crippen LogP contribution in [0.4, 0.5) is 13.2 Å². The maximum Gasteiger partial charge on any atom is 0.471 e. The molecule has 0 aliphatic carbocycles. The van der Waals surface area contributed by atoms with Gasteiger partial charge >= 0.3 is 12.1 Å². The minimum absolute atomic E-state index is 0.0426. The van der Waals surface area contributed by atoms with Gasteiger partial charge in [0.05, 0.1) is 12.8 Å². The second kappa shape index (κ2) is 10.3. The fourth-order valence-corrected chi connectivity index (χ4v) is 4.52. The Morgan fingerprint density at radius 3 is 2.61 bits per heavy atom. The van der Waals surface area contributed by atoms with Crippen molar-refractivity contribution in [3.63, 3.8) is 0 Å². The van der Waals surface area contributed by atoms with E-state index in [1.165, 1.54) is 12.1 Å². The SMILES string of the molecule is COc1c(C)cnc(CN2CCC(N(C)C(=O)c3cccc(-c4noc(C(F)(F)F)n4)c3)CC2)c1C. The highest BCUT2D eigenvalue weighted by Gasteiger charge is 2.38. The minimum Gasteiger partial charge on any atom is -0.496 e. The van der Waals surface area contributed by atoms with Gasteiger partial charge in [-0.3, -0.25) is 14.7 Å². The van der Waals surface area contributed by atoms with E-state index < -0.39 is 12.1 Å². The molecule has 0 unspecified atom stereocenters. The number of aromatic nitrogens is 3. The lowest BCUT2D eigenvalue weighted by atomic mass is 10.0. The summed E-state index contributed by atoms with van der Waals surface area (Å²) in [5.41, 5.74) is 3.65. The number of piperidine rings is 1. The van der Waals surface area contributed by atoms with Gasteiger partial charge in [0.1, 0.15) is 5.75 Å². The number of benzene rings is 1. The van der Waals surface area contributed by atoms with Gasteiger partial charge in [0.2, 0.25) is 5.82 Å². The number of carbonyl (C=O) groups excluding carboxylic acids is 1. The van der Waals surface area contributed by atoms with Gasteiger partial charge in [-0.2, -0.15) is 18.2 Å². The molecule has 0 N–H and O–H groups in total. The van der Waals surface area contributed by atoms with Gasteiger partial charge in [0.15, 0.2) is 0 Å². The van der Waals surface area contributed by atoms with Gasteiger partial charge in [0.25, 0.3) is 5.91 Å². The van der Waals surface area contributed by atoms with Gasteiger partial charge in [-0.25, -0.2) is 0 Å². The molecule has 1 aliphatic rings. The average Bonchev–Trinajstić information content (AvgIpc) is 3.37. The zero-order chi connectivity index (χ0) is 26.0. The lowest BCUT2D eigenvalue weighted by Crippen LogP contribution is -2.45. The third-order valence-corrected chi connectivity index (χ3v) is 6.58. The van der Waals surface area contributed by atoms with Gasteiger partial charge in [-0.05, 0) is 38.8 Å². The molecule has 2 aromatic heterocycles. The number of halogens is 3. The Balaban J connectivity index is 1.39. The highest BCUT2D eigenvalue weighted by atomic mass is 19.4. The number of alkyl halides is 3. The van der Waals surface area contributed by atoms with Crippen molar-refractivity contribution in [2.24, 2.45) is 0 Å². The Morgan fingerprint density at radius 2 is 1.97 bits per heavy atom. The van der Waals surface area contributed by atoms with Crippen LogP contribution in [-0.4, -0.2) is 64.1 Å². The van der Waals surface area contributed by atoms with Crippen LogP contribution in [0, 0.1) is 13.8 Å². The molecule has 192 valence electrons. The number of nitrogens with zero attached hydrogens (tertiary/aromatic N) is 5. The molecule has 0 radical (unpaired) electrons. The second-order valence-corrected chi connectivity index (χ2v) is 8.97. The number of aryl methyl sites for hydroxylation is 1. The lowest BCUT2D eigenvalue weighted by molar-refractivity contribution is -0.159. The molecule has 0 bridgehead atoms. The summed E-state index contributed by atoms with van der Waals surface area (Å²) in [6.45, 7) is 6.31. The number of pyridine rings is 1. The molecule has 1 aromatic carbocycles. The van der Waals surface area contributed by atoms with Crippen molar-refractivity contribution >= 4 is 5.91 Å². The molecule has 4 rings (SSSR count). The van der Waals surface area contributed by atoms with E-state index in [0.717, 1.165) is 48.5 Å². The van der Waals surface area contributed by atoms with E-state index in [1.54, 1.807) is 31.2 Å². The molecular weight excluding hydrogens is 475 g/mol. The van der Waals surface area contributed by atoms with E-state index in [9.17, 15) is 18.0 Å². The van der Waals surface area contributed by atoms with Gasteiger partial charge < -0.3 is 14.2 Å². The van der Waals surface area contributed by atoms with E-state index in [4.69, 9.17) is 4.74 Å². The summed E-state index contributed by atoms with van der Waals surface area (Å²) in [5, 5.41) is 3.40. The fourth-order valence-electron chi connectivity index (χ4n) is 4.52. The minimum atomic E-state index is -4.73. The van der Waals surface area contributed by atoms with Crippen LogP contribution in [-0.2, 0) is 12.7 Å². The van der Waals surface area contributed by atoms with E-state index in [1.807, 2.05) is 20.0 Å². The Labute approximate surface area is 207 Å². The summed E-state index contributed by atoms with van der Waals surface area (Å²) in [5.74, 6) is -0.995. The Kier molecular flexibility index (Phi) is 7.30. The van der Waals surface area contributed by atoms with Crippen molar-refractivity contribution in [1.82, 2.24) is 24.9 Å². The largest absolute Gasteiger partial charge is 0.496 e. The first-order chi connectivity index (χ1) is 17.1. The first kappa shape index (κ1) is 25.6. The molecule has 11 heteroatoms. The highest BCUT2D eigenvalue weighted by molar-refractivity contribution is 5.95. The first-order valence-electron chi connectivity index (χ1n) is 11.6. The quantitative estimate of drug-likeness (QED) is 0.489. The van der Waals surface area contributed by atoms with Crippen molar-refractivity contribution in [2.45, 2.75) is 45.5 Å². The third-order valence-electron chi connectivity index (χ3n) is 6.58. The van der Waals surface area contributed by atoms with Gasteiger partial charge in [-0.15, -0.1) is 0 Å². The van der Waals surface area contributed by atoms with Crippen LogP contribution in [0.25, 0.3) is 11.4 Å². The number of methoxy groups -OCH3 is 1. The van der Waals surface area contributed by atoms with Gasteiger partial charge in [-0.1, -0.05) is 17.3 Å². The Bertz CT molecular complexity index is 1240. The fraction of sp³-hybridized carbons (Fsp3) is 0.440. The predicted molar refractivity (Wildman–Crippen MR) is 125 cm³/mol. The van der Waals surface area contributed by atoms with Crippen molar-refractivity contribution < 1.29 is 27.2 Å². The molecule has 0 spiro atoms. The molecule has 1 saturated heterocycles. The molecule has 1 amide bonds. The predicted octanol–water partition coefficient (Wildman–Crippen LogP) is 4.51. The molecule has 36 heavy (non-hydrogen) atoms. The molecule has 1 fully saturated rings. The number of hydrogen-bond acceptors (Lipinski definition) is 7. The third kappa shape index (κ3) is 5.35. The summed E-state index contributed by atoms with van der Waals surface area (Å²) in [6.07, 6.45) is -1.31. The highest BCUT2D eigenvalue weighted by Crippen LogP contribution is 2.30. The van der Waals surface area contributed by atoms with Gasteiger partial charge in [0, 0.05) is 61.2 Å². The Morgan fingerprint density at radius 1 is 1.25 bits per heavy atom. The maximum absolute atomic E-state index is 13.2. The molecule has 3 aromatic rings. The summed E-state index contributed by atoms with van der Waals surface area (Å²) >= 11 is 0. The standard InChI is InChI=1S/C25H28F3N5O3/c1-15-13-29-20(16(2)21(15)35-4)14-33-10-8-19(9-11-33)32(3)23(34)18-7-5-6-17(12-18)22-30-24(36-31-22)25(26,27)28/h5-7,12-13,19H,8-11,14H2,1-4H3. The number of likely N-dealkylation sites (tertiary alicyclic amines) is 1. The van der Waals surface area contributed by atoms with Crippen molar-refractivity contribution in [2.75, 3.05) is 27.2 Å². The summed E-state index contributed by atoms with van der Waals surface area (Å²) in [6, 6.07) is 6.28. The second-order valence-electron chi connectivity index (χ2n) is 8.97. The number of hydrogen-bond donors (Lipinski definition) is 0. The zero-order valence-electron chi connectivity index (χ0n) is 20.6. The monoisotopic (exact) mass is 503 g/mol. The average molecular weight is 504 g/mol. The number of carbonyl (C=O) groups is 1. The van der Waals surface area contributed by atoms with Crippen molar-refractivity contribution in [1.29, 1.82) is 0 Å². The van der Waals surface area contributed by atoms with Crippen molar-refractivity contribution in [3.05, 3.63) is 58.7 Å². The number of ether oxygens (including phenoxy) is 1. The molecule has 1 aliphatic heterocycles. The normalized spacial score (nSPS) is 15.2. The van der Waals surface area contributed by atoms with E-state index in [0.29, 0.717) is 12.1 Å². The lowest BCUT2D eigenvalue weighted by Gasteiger charge is -2.37. The van der Waals surface area contributed by atoms with Crippen molar-refractivity contribution in [3.8, 4) is 17.1 Å². The Hall–Kier alpha value is -3.47.